The van der Waals surface area contributed by atoms with Crippen LogP contribution < -0.4 is 10.1 Å². The Balaban J connectivity index is 1.77. The van der Waals surface area contributed by atoms with Crippen LogP contribution in [-0.4, -0.2) is 38.8 Å². The number of hydrogen-bond donors (Lipinski definition) is 1. The molecule has 0 spiro atoms. The van der Waals surface area contributed by atoms with E-state index in [0.717, 1.165) is 5.75 Å². The van der Waals surface area contributed by atoms with Crippen molar-refractivity contribution in [2.24, 2.45) is 0 Å². The third-order valence-electron chi connectivity index (χ3n) is 3.32. The largest absolute Gasteiger partial charge is 0.491 e. The van der Waals surface area contributed by atoms with Crippen molar-refractivity contribution in [2.75, 3.05) is 6.61 Å². The lowest BCUT2D eigenvalue weighted by Crippen LogP contribution is -2.38. The van der Waals surface area contributed by atoms with Gasteiger partial charge in [-0.05, 0) is 40.5 Å². The number of benzene rings is 1. The van der Waals surface area contributed by atoms with Gasteiger partial charge in [0.05, 0.1) is 6.04 Å². The first-order chi connectivity index (χ1) is 10.8. The number of tetrazole rings is 1. The van der Waals surface area contributed by atoms with Crippen LogP contribution in [0.4, 0.5) is 0 Å². The molecule has 124 valence electrons. The van der Waals surface area contributed by atoms with E-state index in [-0.39, 0.29) is 23.9 Å². The van der Waals surface area contributed by atoms with Gasteiger partial charge in [0.2, 0.25) is 5.91 Å². The number of nitrogens with one attached hydrogen (secondary N) is 1. The van der Waals surface area contributed by atoms with Gasteiger partial charge in [0.25, 0.3) is 0 Å². The van der Waals surface area contributed by atoms with Crippen LogP contribution in [0.1, 0.15) is 33.3 Å². The highest BCUT2D eigenvalue weighted by atomic mass is 16.5. The van der Waals surface area contributed by atoms with Gasteiger partial charge in [-0.25, -0.2) is 4.68 Å². The molecule has 0 aliphatic carbocycles. The molecule has 1 aromatic carbocycles. The molecule has 2 rings (SSSR count). The molecule has 0 fully saturated rings. The molecule has 23 heavy (non-hydrogen) atoms. The molecule has 1 amide bonds. The average Bonchev–Trinajstić information content (AvgIpc) is 2.97. The summed E-state index contributed by atoms with van der Waals surface area (Å²) in [6.07, 6.45) is 1.40. The second kappa shape index (κ2) is 7.21. The van der Waals surface area contributed by atoms with Gasteiger partial charge in [-0.1, -0.05) is 32.9 Å². The highest BCUT2D eigenvalue weighted by Crippen LogP contribution is 2.24. The van der Waals surface area contributed by atoms with Gasteiger partial charge in [-0.2, -0.15) is 0 Å². The Labute approximate surface area is 136 Å². The van der Waals surface area contributed by atoms with Gasteiger partial charge in [0.15, 0.2) is 0 Å². The molecule has 1 unspecified atom stereocenters. The number of aromatic nitrogens is 4. The Morgan fingerprint density at radius 3 is 2.57 bits per heavy atom. The van der Waals surface area contributed by atoms with Gasteiger partial charge >= 0.3 is 0 Å². The first-order valence-corrected chi connectivity index (χ1v) is 7.58. The molecule has 1 atom stereocenters. The number of hydrogen-bond acceptors (Lipinski definition) is 5. The van der Waals surface area contributed by atoms with E-state index in [1.807, 2.05) is 19.1 Å². The zero-order valence-electron chi connectivity index (χ0n) is 14.0. The first-order valence-electron chi connectivity index (χ1n) is 7.58. The lowest BCUT2D eigenvalue weighted by Gasteiger charge is -2.19. The Kier molecular flexibility index (Phi) is 5.31. The van der Waals surface area contributed by atoms with Crippen LogP contribution in [0.2, 0.25) is 0 Å². The zero-order chi connectivity index (χ0) is 16.9. The van der Waals surface area contributed by atoms with Crippen molar-refractivity contribution < 1.29 is 9.53 Å². The fourth-order valence-electron chi connectivity index (χ4n) is 2.03. The minimum atomic E-state index is -0.156. The molecular weight excluding hydrogens is 294 g/mol. The van der Waals surface area contributed by atoms with Crippen LogP contribution in [0.5, 0.6) is 5.75 Å². The molecule has 0 aliphatic rings. The maximum atomic E-state index is 11.8. The van der Waals surface area contributed by atoms with Gasteiger partial charge in [0, 0.05) is 0 Å². The Bertz CT molecular complexity index is 617. The number of carbonyl (C=O) groups is 1. The Morgan fingerprint density at radius 1 is 1.30 bits per heavy atom. The highest BCUT2D eigenvalue weighted by Gasteiger charge is 2.13. The van der Waals surface area contributed by atoms with Crippen LogP contribution in [-0.2, 0) is 16.8 Å². The van der Waals surface area contributed by atoms with Crippen LogP contribution in [0.25, 0.3) is 0 Å². The van der Waals surface area contributed by atoms with Gasteiger partial charge in [-0.15, -0.1) is 5.10 Å². The van der Waals surface area contributed by atoms with Gasteiger partial charge in [-0.3, -0.25) is 4.79 Å². The van der Waals surface area contributed by atoms with Crippen molar-refractivity contribution in [3.05, 3.63) is 36.2 Å². The molecule has 7 nitrogen and oxygen atoms in total. The number of carbonyl (C=O) groups excluding carboxylic acids is 1. The van der Waals surface area contributed by atoms with E-state index >= 15 is 0 Å². The SMILES string of the molecule is CC(COc1ccc(C(C)(C)C)cc1)NC(=O)Cn1cnnn1. The molecule has 0 saturated heterocycles. The summed E-state index contributed by atoms with van der Waals surface area (Å²) in [7, 11) is 0. The Hall–Kier alpha value is -2.44. The minimum Gasteiger partial charge on any atom is -0.491 e. The summed E-state index contributed by atoms with van der Waals surface area (Å²) in [4.78, 5) is 11.8. The van der Waals surface area contributed by atoms with Crippen molar-refractivity contribution >= 4 is 5.91 Å². The molecule has 1 N–H and O–H groups in total. The summed E-state index contributed by atoms with van der Waals surface area (Å²) in [6, 6.07) is 7.93. The van der Waals surface area contributed by atoms with Crippen LogP contribution in [0.3, 0.4) is 0 Å². The third kappa shape index (κ3) is 5.36. The van der Waals surface area contributed by atoms with E-state index in [1.54, 1.807) is 0 Å². The summed E-state index contributed by atoms with van der Waals surface area (Å²) in [5.74, 6) is 0.635. The van der Waals surface area contributed by atoms with Crippen LogP contribution in [0.15, 0.2) is 30.6 Å². The number of rotatable bonds is 6. The standard InChI is InChI=1S/C16H23N5O2/c1-12(18-15(22)9-21-11-17-19-20-21)10-23-14-7-5-13(6-8-14)16(2,3)4/h5-8,11-12H,9-10H2,1-4H3,(H,18,22). The lowest BCUT2D eigenvalue weighted by atomic mass is 9.87. The van der Waals surface area contributed by atoms with Crippen molar-refractivity contribution in [1.29, 1.82) is 0 Å². The number of nitrogens with zero attached hydrogens (tertiary/aromatic N) is 4. The number of ether oxygens (including phenoxy) is 1. The fourth-order valence-corrected chi connectivity index (χ4v) is 2.03. The molecule has 0 radical (unpaired) electrons. The van der Waals surface area contributed by atoms with Crippen molar-refractivity contribution in [2.45, 2.75) is 45.7 Å². The van der Waals surface area contributed by atoms with E-state index in [2.05, 4.69) is 53.7 Å². The fraction of sp³-hybridized carbons (Fsp3) is 0.500. The molecule has 7 heteroatoms. The smallest absolute Gasteiger partial charge is 0.242 e. The molecule has 0 saturated carbocycles. The van der Waals surface area contributed by atoms with Crippen molar-refractivity contribution in [1.82, 2.24) is 25.5 Å². The molecule has 1 heterocycles. The van der Waals surface area contributed by atoms with E-state index < -0.39 is 0 Å². The van der Waals surface area contributed by atoms with Crippen molar-refractivity contribution in [3.63, 3.8) is 0 Å². The molecular formula is C16H23N5O2. The van der Waals surface area contributed by atoms with Gasteiger partial charge < -0.3 is 10.1 Å². The maximum absolute atomic E-state index is 11.8. The summed E-state index contributed by atoms with van der Waals surface area (Å²) in [5.41, 5.74) is 1.38. The van der Waals surface area contributed by atoms with Crippen LogP contribution in [0, 0.1) is 0 Å². The van der Waals surface area contributed by atoms with E-state index in [4.69, 9.17) is 4.74 Å². The predicted octanol–water partition coefficient (Wildman–Crippen LogP) is 1.55. The molecule has 0 aliphatic heterocycles. The predicted molar refractivity (Wildman–Crippen MR) is 86.1 cm³/mol. The van der Waals surface area contributed by atoms with E-state index in [9.17, 15) is 4.79 Å². The van der Waals surface area contributed by atoms with Crippen molar-refractivity contribution in [3.8, 4) is 5.75 Å². The summed E-state index contributed by atoms with van der Waals surface area (Å²) < 4.78 is 7.08. The second-order valence-electron chi connectivity index (χ2n) is 6.56. The minimum absolute atomic E-state index is 0.0949. The quantitative estimate of drug-likeness (QED) is 0.874. The van der Waals surface area contributed by atoms with E-state index in [1.165, 1.54) is 16.6 Å². The van der Waals surface area contributed by atoms with Gasteiger partial charge in [0.1, 0.15) is 25.2 Å². The first kappa shape index (κ1) is 16.9. The maximum Gasteiger partial charge on any atom is 0.242 e. The highest BCUT2D eigenvalue weighted by molar-refractivity contribution is 5.75. The lowest BCUT2D eigenvalue weighted by molar-refractivity contribution is -0.122. The number of amides is 1. The molecule has 2 aromatic rings. The molecule has 0 bridgehead atoms. The summed E-state index contributed by atoms with van der Waals surface area (Å²) in [5, 5.41) is 13.5. The zero-order valence-corrected chi connectivity index (χ0v) is 14.0. The topological polar surface area (TPSA) is 81.9 Å². The monoisotopic (exact) mass is 317 g/mol. The second-order valence-corrected chi connectivity index (χ2v) is 6.56. The summed E-state index contributed by atoms with van der Waals surface area (Å²) in [6.45, 7) is 8.90. The third-order valence-corrected chi connectivity index (χ3v) is 3.32. The Morgan fingerprint density at radius 2 is 2.00 bits per heavy atom. The summed E-state index contributed by atoms with van der Waals surface area (Å²) >= 11 is 0. The van der Waals surface area contributed by atoms with Crippen LogP contribution >= 0.6 is 0 Å². The van der Waals surface area contributed by atoms with E-state index in [0.29, 0.717) is 6.61 Å². The molecule has 1 aromatic heterocycles. The normalized spacial score (nSPS) is 12.7. The average molecular weight is 317 g/mol.